The van der Waals surface area contributed by atoms with Gasteiger partial charge >= 0.3 is 0 Å². The molecule has 0 aliphatic heterocycles. The molecule has 130 valence electrons. The van der Waals surface area contributed by atoms with Crippen LogP contribution >= 0.6 is 0 Å². The van der Waals surface area contributed by atoms with Crippen molar-refractivity contribution < 1.29 is 4.92 Å². The number of aryl methyl sites for hydroxylation is 2. The second-order valence-electron chi connectivity index (χ2n) is 6.71. The molecule has 0 bridgehead atoms. The summed E-state index contributed by atoms with van der Waals surface area (Å²) in [5, 5.41) is 30.8. The van der Waals surface area contributed by atoms with Crippen molar-refractivity contribution in [1.82, 2.24) is 0 Å². The number of rotatable bonds is 2. The summed E-state index contributed by atoms with van der Waals surface area (Å²) < 4.78 is 0. The van der Waals surface area contributed by atoms with E-state index in [1.165, 1.54) is 0 Å². The van der Waals surface area contributed by atoms with E-state index in [1.54, 1.807) is 19.9 Å². The van der Waals surface area contributed by atoms with E-state index in [2.05, 4.69) is 12.1 Å². The first-order valence-electron chi connectivity index (χ1n) is 8.33. The molecule has 6 nitrogen and oxygen atoms in total. The molecule has 1 aromatic rings. The average molecular weight is 346 g/mol. The van der Waals surface area contributed by atoms with Gasteiger partial charge in [-0.25, -0.2) is 0 Å². The number of nitrogens with zero attached hydrogens (tertiary/aromatic N) is 3. The molecule has 1 aromatic carbocycles. The smallest absolute Gasteiger partial charge is 0.275 e. The van der Waals surface area contributed by atoms with Crippen molar-refractivity contribution in [3.05, 3.63) is 66.9 Å². The first kappa shape index (κ1) is 17.4. The van der Waals surface area contributed by atoms with E-state index in [9.17, 15) is 20.6 Å². The zero-order valence-corrected chi connectivity index (χ0v) is 14.9. The van der Waals surface area contributed by atoms with Crippen molar-refractivity contribution >= 4 is 11.3 Å². The molecule has 0 unspecified atom stereocenters. The second kappa shape index (κ2) is 6.16. The molecule has 1 atom stereocenters. The van der Waals surface area contributed by atoms with E-state index in [-0.39, 0.29) is 27.8 Å². The fraction of sp³-hybridized carbons (Fsp3) is 0.300. The third kappa shape index (κ3) is 2.31. The second-order valence-corrected chi connectivity index (χ2v) is 6.71. The normalized spacial score (nSPS) is 19.0. The van der Waals surface area contributed by atoms with Crippen LogP contribution in [0.1, 0.15) is 35.1 Å². The van der Waals surface area contributed by atoms with Crippen molar-refractivity contribution in [3.8, 4) is 12.1 Å². The summed E-state index contributed by atoms with van der Waals surface area (Å²) in [7, 11) is 0. The molecule has 0 saturated carbocycles. The summed E-state index contributed by atoms with van der Waals surface area (Å²) >= 11 is 0. The number of nitro groups is 1. The van der Waals surface area contributed by atoms with E-state index in [0.29, 0.717) is 27.8 Å². The molecule has 0 aromatic heterocycles. The number of fused-ring (bicyclic) bond motifs is 1. The number of nitro benzene ring substituents is 1. The van der Waals surface area contributed by atoms with Gasteiger partial charge in [-0.05, 0) is 62.0 Å². The fourth-order valence-corrected chi connectivity index (χ4v) is 4.29. The summed E-state index contributed by atoms with van der Waals surface area (Å²) in [4.78, 5) is 11.2. The average Bonchev–Trinajstić information content (AvgIpc) is 3.03. The standard InChI is InChI=1S/C20H18N4O2/c1-10-7-11(2)20(24(25)26)12(3)17(10)18-14-6-4-5-13(14)15(8-21)19(23)16(18)9-22/h5,7,14H,4,6,23H2,1-3H3/t14-/m0/s1. The lowest BCUT2D eigenvalue weighted by Crippen LogP contribution is -2.20. The minimum Gasteiger partial charge on any atom is -0.397 e. The molecule has 0 heterocycles. The molecule has 2 aliphatic rings. The van der Waals surface area contributed by atoms with Gasteiger partial charge in [0.25, 0.3) is 5.69 Å². The van der Waals surface area contributed by atoms with Gasteiger partial charge in [0.05, 0.1) is 21.8 Å². The highest BCUT2D eigenvalue weighted by molar-refractivity contribution is 5.88. The Morgan fingerprint density at radius 3 is 2.42 bits per heavy atom. The van der Waals surface area contributed by atoms with Gasteiger partial charge in [0.2, 0.25) is 0 Å². The lowest BCUT2D eigenvalue weighted by Gasteiger charge is -2.28. The minimum absolute atomic E-state index is 0.0625. The Morgan fingerprint density at radius 2 is 1.85 bits per heavy atom. The summed E-state index contributed by atoms with van der Waals surface area (Å²) in [6.07, 6.45) is 3.53. The van der Waals surface area contributed by atoms with E-state index in [0.717, 1.165) is 24.0 Å². The number of benzene rings is 1. The van der Waals surface area contributed by atoms with Gasteiger partial charge in [-0.2, -0.15) is 10.5 Å². The predicted molar refractivity (Wildman–Crippen MR) is 97.5 cm³/mol. The summed E-state index contributed by atoms with van der Waals surface area (Å²) in [6.45, 7) is 5.32. The van der Waals surface area contributed by atoms with Gasteiger partial charge in [-0.15, -0.1) is 0 Å². The van der Waals surface area contributed by atoms with Crippen LogP contribution in [0.4, 0.5) is 5.69 Å². The summed E-state index contributed by atoms with van der Waals surface area (Å²) in [5.41, 5.74) is 11.2. The molecule has 0 amide bonds. The van der Waals surface area contributed by atoms with E-state index < -0.39 is 0 Å². The van der Waals surface area contributed by atoms with Crippen LogP contribution in [0.15, 0.2) is 34.6 Å². The molecular formula is C20H18N4O2. The predicted octanol–water partition coefficient (Wildman–Crippen LogP) is 3.88. The first-order chi connectivity index (χ1) is 12.3. The number of nitriles is 2. The maximum absolute atomic E-state index is 11.6. The molecule has 26 heavy (non-hydrogen) atoms. The van der Waals surface area contributed by atoms with Gasteiger partial charge in [0.1, 0.15) is 12.1 Å². The fourth-order valence-electron chi connectivity index (χ4n) is 4.29. The van der Waals surface area contributed by atoms with Crippen molar-refractivity contribution in [2.45, 2.75) is 33.6 Å². The van der Waals surface area contributed by atoms with Crippen LogP contribution in [0.2, 0.25) is 0 Å². The van der Waals surface area contributed by atoms with Crippen molar-refractivity contribution in [3.63, 3.8) is 0 Å². The van der Waals surface area contributed by atoms with E-state index >= 15 is 0 Å². The lowest BCUT2D eigenvalue weighted by molar-refractivity contribution is -0.386. The van der Waals surface area contributed by atoms with Crippen LogP contribution in [0, 0.1) is 59.5 Å². The van der Waals surface area contributed by atoms with Gasteiger partial charge in [-0.3, -0.25) is 10.1 Å². The monoisotopic (exact) mass is 346 g/mol. The van der Waals surface area contributed by atoms with Crippen LogP contribution in [0.5, 0.6) is 0 Å². The zero-order valence-electron chi connectivity index (χ0n) is 14.9. The van der Waals surface area contributed by atoms with Gasteiger partial charge < -0.3 is 5.73 Å². The van der Waals surface area contributed by atoms with E-state index in [1.807, 2.05) is 13.0 Å². The molecule has 0 fully saturated rings. The summed E-state index contributed by atoms with van der Waals surface area (Å²) in [5.74, 6) is -0.133. The van der Waals surface area contributed by atoms with Crippen LogP contribution in [0.3, 0.4) is 0 Å². The number of hydrogen-bond acceptors (Lipinski definition) is 5. The van der Waals surface area contributed by atoms with Gasteiger partial charge in [0, 0.05) is 17.0 Å². The maximum Gasteiger partial charge on any atom is 0.275 e. The lowest BCUT2D eigenvalue weighted by atomic mass is 9.74. The molecular weight excluding hydrogens is 328 g/mol. The Balaban J connectivity index is 2.43. The molecule has 3 rings (SSSR count). The molecule has 2 aliphatic carbocycles. The van der Waals surface area contributed by atoms with Crippen LogP contribution in [-0.4, -0.2) is 4.92 Å². The first-order valence-corrected chi connectivity index (χ1v) is 8.33. The Bertz CT molecular complexity index is 1030. The van der Waals surface area contributed by atoms with Gasteiger partial charge in [0.15, 0.2) is 0 Å². The Kier molecular flexibility index (Phi) is 4.13. The molecule has 2 N–H and O–H groups in total. The molecule has 0 radical (unpaired) electrons. The van der Waals surface area contributed by atoms with Gasteiger partial charge in [-0.1, -0.05) is 6.08 Å². The SMILES string of the molecule is Cc1cc(C)c([N+](=O)[O-])c(C)c1C1=C(C#N)C(N)=C(C#N)C2=CCC[C@@H]21. The summed E-state index contributed by atoms with van der Waals surface area (Å²) in [6, 6.07) is 6.05. The highest BCUT2D eigenvalue weighted by Crippen LogP contribution is 2.49. The van der Waals surface area contributed by atoms with Crippen molar-refractivity contribution in [2.24, 2.45) is 11.7 Å². The highest BCUT2D eigenvalue weighted by atomic mass is 16.6. The molecule has 0 spiro atoms. The third-order valence-electron chi connectivity index (χ3n) is 5.25. The number of nitrogens with two attached hydrogens (primary N) is 1. The molecule has 6 heteroatoms. The zero-order chi connectivity index (χ0) is 19.2. The Labute approximate surface area is 151 Å². The quantitative estimate of drug-likeness (QED) is 0.644. The Morgan fingerprint density at radius 1 is 1.19 bits per heavy atom. The van der Waals surface area contributed by atoms with Crippen molar-refractivity contribution in [2.75, 3.05) is 0 Å². The largest absolute Gasteiger partial charge is 0.397 e. The maximum atomic E-state index is 11.6. The van der Waals surface area contributed by atoms with Crippen LogP contribution < -0.4 is 5.73 Å². The molecule has 0 saturated heterocycles. The topological polar surface area (TPSA) is 117 Å². The highest BCUT2D eigenvalue weighted by Gasteiger charge is 2.37. The minimum atomic E-state index is -0.381. The third-order valence-corrected chi connectivity index (χ3v) is 5.25. The van der Waals surface area contributed by atoms with E-state index in [4.69, 9.17) is 5.73 Å². The number of hydrogen-bond donors (Lipinski definition) is 1. The van der Waals surface area contributed by atoms with Crippen LogP contribution in [-0.2, 0) is 0 Å². The van der Waals surface area contributed by atoms with Crippen LogP contribution in [0.25, 0.3) is 5.57 Å². The Hall–Kier alpha value is -3.38. The van der Waals surface area contributed by atoms with Crippen molar-refractivity contribution in [1.29, 1.82) is 10.5 Å². The number of allylic oxidation sites excluding steroid dienone is 5.